The van der Waals surface area contributed by atoms with Crippen LogP contribution in [-0.2, 0) is 11.3 Å². The van der Waals surface area contributed by atoms with Gasteiger partial charge >= 0.3 is 0 Å². The van der Waals surface area contributed by atoms with Crippen molar-refractivity contribution in [2.24, 2.45) is 0 Å². The number of H-pyrrole nitrogens is 1. The maximum atomic E-state index is 9.71. The van der Waals surface area contributed by atoms with Crippen molar-refractivity contribution in [1.82, 2.24) is 24.9 Å². The summed E-state index contributed by atoms with van der Waals surface area (Å²) >= 11 is 3.40. The Morgan fingerprint density at radius 2 is 2.12 bits per heavy atom. The van der Waals surface area contributed by atoms with Gasteiger partial charge in [0.05, 0.1) is 50.2 Å². The maximum absolute atomic E-state index is 9.71. The van der Waals surface area contributed by atoms with Crippen molar-refractivity contribution in [3.05, 3.63) is 46.7 Å². The van der Waals surface area contributed by atoms with Crippen LogP contribution in [-0.4, -0.2) is 62.9 Å². The number of halogens is 1. The highest BCUT2D eigenvalue weighted by atomic mass is 79.9. The number of nitrogens with zero attached hydrogens (tertiary/aromatic N) is 5. The lowest BCUT2D eigenvalue weighted by atomic mass is 10.1. The van der Waals surface area contributed by atoms with Crippen LogP contribution >= 0.6 is 15.9 Å². The minimum atomic E-state index is -0.122. The number of imidazole rings is 1. The number of ether oxygens (including phenoxy) is 2. The number of nitrogens with one attached hydrogen (secondary N) is 1. The summed E-state index contributed by atoms with van der Waals surface area (Å²) in [6.07, 6.45) is 1.68. The van der Waals surface area contributed by atoms with Gasteiger partial charge in [-0.2, -0.15) is 0 Å². The third-order valence-corrected chi connectivity index (χ3v) is 6.09. The molecule has 1 aliphatic heterocycles. The van der Waals surface area contributed by atoms with Crippen LogP contribution in [0.2, 0.25) is 0 Å². The van der Waals surface area contributed by atoms with E-state index in [0.717, 1.165) is 33.6 Å². The van der Waals surface area contributed by atoms with Crippen molar-refractivity contribution in [2.75, 3.05) is 31.8 Å². The van der Waals surface area contributed by atoms with E-state index >= 15 is 0 Å². The van der Waals surface area contributed by atoms with Gasteiger partial charge in [-0.3, -0.25) is 0 Å². The number of aliphatic hydroxyl groups is 1. The molecule has 10 heteroatoms. The third kappa shape index (κ3) is 4.17. The van der Waals surface area contributed by atoms with Crippen molar-refractivity contribution >= 4 is 32.8 Å². The lowest BCUT2D eigenvalue weighted by Gasteiger charge is -2.34. The van der Waals surface area contributed by atoms with E-state index in [4.69, 9.17) is 24.4 Å². The zero-order valence-corrected chi connectivity index (χ0v) is 19.8. The summed E-state index contributed by atoms with van der Waals surface area (Å²) in [5.74, 6) is 2.48. The van der Waals surface area contributed by atoms with Gasteiger partial charge in [0, 0.05) is 17.7 Å². The lowest BCUT2D eigenvalue weighted by Crippen LogP contribution is -2.44. The SMILES string of the molecule is COc1ccc(-c2ccc3c(N4CCOC[C@@H]4C)nc(-c4ncc(Br)[nH]4)nc3n2)cc1CO. The average Bonchev–Trinajstić information content (AvgIpc) is 3.29. The molecule has 9 nitrogen and oxygen atoms in total. The molecule has 1 aliphatic rings. The number of aromatic nitrogens is 5. The summed E-state index contributed by atoms with van der Waals surface area (Å²) in [7, 11) is 1.59. The molecule has 4 heterocycles. The van der Waals surface area contributed by atoms with E-state index in [1.54, 1.807) is 13.3 Å². The molecule has 4 aromatic rings. The summed E-state index contributed by atoms with van der Waals surface area (Å²) in [4.78, 5) is 24.2. The number of pyridine rings is 1. The molecule has 0 amide bonds. The van der Waals surface area contributed by atoms with Crippen molar-refractivity contribution in [2.45, 2.75) is 19.6 Å². The fraction of sp³-hybridized carbons (Fsp3) is 0.304. The molecule has 1 atom stereocenters. The Morgan fingerprint density at radius 3 is 2.85 bits per heavy atom. The summed E-state index contributed by atoms with van der Waals surface area (Å²) in [5.41, 5.74) is 2.87. The van der Waals surface area contributed by atoms with Gasteiger partial charge in [-0.05, 0) is 53.2 Å². The smallest absolute Gasteiger partial charge is 0.199 e. The Balaban J connectivity index is 1.67. The van der Waals surface area contributed by atoms with Crippen LogP contribution in [0.25, 0.3) is 33.9 Å². The molecular formula is C23H23BrN6O3. The fourth-order valence-electron chi connectivity index (χ4n) is 4.00. The average molecular weight is 511 g/mol. The van der Waals surface area contributed by atoms with E-state index in [1.807, 2.05) is 30.3 Å². The van der Waals surface area contributed by atoms with E-state index in [-0.39, 0.29) is 12.6 Å². The monoisotopic (exact) mass is 510 g/mol. The van der Waals surface area contributed by atoms with Crippen LogP contribution in [0, 0.1) is 0 Å². The maximum Gasteiger partial charge on any atom is 0.199 e. The molecular weight excluding hydrogens is 488 g/mol. The van der Waals surface area contributed by atoms with E-state index in [0.29, 0.717) is 41.8 Å². The highest BCUT2D eigenvalue weighted by molar-refractivity contribution is 9.10. The van der Waals surface area contributed by atoms with Crippen molar-refractivity contribution in [3.63, 3.8) is 0 Å². The number of fused-ring (bicyclic) bond motifs is 1. The van der Waals surface area contributed by atoms with Gasteiger partial charge in [0.1, 0.15) is 16.2 Å². The molecule has 0 spiro atoms. The van der Waals surface area contributed by atoms with Crippen LogP contribution in [0.15, 0.2) is 41.1 Å². The molecule has 0 radical (unpaired) electrons. The standard InChI is InChI=1S/C23H23BrN6O3/c1-13-12-33-8-7-30(13)23-16-4-5-17(14-3-6-18(32-2)15(9-14)11-31)26-20(16)28-22(29-23)21-25-10-19(24)27-21/h3-6,9-10,13,31H,7-8,11-12H2,1-2H3,(H,25,27)/t13-/m0/s1. The van der Waals surface area contributed by atoms with Crippen molar-refractivity contribution < 1.29 is 14.6 Å². The predicted molar refractivity (Wildman–Crippen MR) is 128 cm³/mol. The highest BCUT2D eigenvalue weighted by Crippen LogP contribution is 2.32. The third-order valence-electron chi connectivity index (χ3n) is 5.68. The normalized spacial score (nSPS) is 16.4. The number of rotatable bonds is 5. The van der Waals surface area contributed by atoms with Gasteiger partial charge in [-0.15, -0.1) is 0 Å². The first-order chi connectivity index (χ1) is 16.1. The number of morpholine rings is 1. The Morgan fingerprint density at radius 1 is 1.24 bits per heavy atom. The molecule has 0 unspecified atom stereocenters. The van der Waals surface area contributed by atoms with Crippen LogP contribution in [0.3, 0.4) is 0 Å². The van der Waals surface area contributed by atoms with Gasteiger partial charge in [0.15, 0.2) is 17.3 Å². The molecule has 0 bridgehead atoms. The second kappa shape index (κ2) is 9.05. The molecule has 2 N–H and O–H groups in total. The second-order valence-corrected chi connectivity index (χ2v) is 8.67. The number of anilines is 1. The molecule has 1 saturated heterocycles. The largest absolute Gasteiger partial charge is 0.496 e. The quantitative estimate of drug-likeness (QED) is 0.419. The van der Waals surface area contributed by atoms with Gasteiger partial charge in [0.2, 0.25) is 0 Å². The summed E-state index contributed by atoms with van der Waals surface area (Å²) < 4.78 is 11.7. The fourth-order valence-corrected chi connectivity index (χ4v) is 4.29. The molecule has 5 rings (SSSR count). The Labute approximate surface area is 199 Å². The zero-order valence-electron chi connectivity index (χ0n) is 18.2. The molecule has 0 aliphatic carbocycles. The van der Waals surface area contributed by atoms with Crippen LogP contribution in [0.1, 0.15) is 12.5 Å². The first-order valence-electron chi connectivity index (χ1n) is 10.6. The molecule has 1 aromatic carbocycles. The number of hydrogen-bond acceptors (Lipinski definition) is 8. The van der Waals surface area contributed by atoms with E-state index in [2.05, 4.69) is 37.7 Å². The first-order valence-corrected chi connectivity index (χ1v) is 11.4. The van der Waals surface area contributed by atoms with Crippen molar-refractivity contribution in [1.29, 1.82) is 0 Å². The lowest BCUT2D eigenvalue weighted by molar-refractivity contribution is 0.0987. The minimum absolute atomic E-state index is 0.122. The van der Waals surface area contributed by atoms with Crippen LogP contribution in [0.5, 0.6) is 5.75 Å². The summed E-state index contributed by atoms with van der Waals surface area (Å²) in [6.45, 7) is 4.00. The summed E-state index contributed by atoms with van der Waals surface area (Å²) in [6, 6.07) is 9.75. The van der Waals surface area contributed by atoms with Crippen LogP contribution in [0.4, 0.5) is 5.82 Å². The first kappa shape index (κ1) is 21.7. The highest BCUT2D eigenvalue weighted by Gasteiger charge is 2.24. The molecule has 3 aromatic heterocycles. The minimum Gasteiger partial charge on any atom is -0.496 e. The van der Waals surface area contributed by atoms with Crippen LogP contribution < -0.4 is 9.64 Å². The van der Waals surface area contributed by atoms with Crippen molar-refractivity contribution in [3.8, 4) is 28.7 Å². The molecule has 170 valence electrons. The predicted octanol–water partition coefficient (Wildman–Crippen LogP) is 3.57. The Hall–Kier alpha value is -3.08. The van der Waals surface area contributed by atoms with Gasteiger partial charge < -0.3 is 24.5 Å². The van der Waals surface area contributed by atoms with E-state index < -0.39 is 0 Å². The number of methoxy groups -OCH3 is 1. The molecule has 1 fully saturated rings. The number of hydrogen-bond donors (Lipinski definition) is 2. The number of aromatic amines is 1. The van der Waals surface area contributed by atoms with Gasteiger partial charge in [-0.1, -0.05) is 0 Å². The van der Waals surface area contributed by atoms with Gasteiger partial charge in [0.25, 0.3) is 0 Å². The van der Waals surface area contributed by atoms with E-state index in [1.165, 1.54) is 0 Å². The topological polar surface area (TPSA) is 109 Å². The van der Waals surface area contributed by atoms with E-state index in [9.17, 15) is 5.11 Å². The number of benzene rings is 1. The zero-order chi connectivity index (χ0) is 22.9. The second-order valence-electron chi connectivity index (χ2n) is 7.82. The van der Waals surface area contributed by atoms with Gasteiger partial charge in [-0.25, -0.2) is 19.9 Å². The number of aliphatic hydroxyl groups excluding tert-OH is 1. The Kier molecular flexibility index (Phi) is 5.96. The molecule has 33 heavy (non-hydrogen) atoms. The summed E-state index contributed by atoms with van der Waals surface area (Å²) in [5, 5.41) is 10.6. The molecule has 0 saturated carbocycles. The Bertz CT molecular complexity index is 1310.